The van der Waals surface area contributed by atoms with Crippen LogP contribution in [0.15, 0.2) is 18.2 Å². The summed E-state index contributed by atoms with van der Waals surface area (Å²) in [5.41, 5.74) is 7.20. The van der Waals surface area contributed by atoms with Gasteiger partial charge in [-0.1, -0.05) is 12.8 Å². The second kappa shape index (κ2) is 18.5. The number of fused-ring (bicyclic) bond motifs is 1. The van der Waals surface area contributed by atoms with Gasteiger partial charge in [0.15, 0.2) is 0 Å². The van der Waals surface area contributed by atoms with Gasteiger partial charge in [-0.15, -0.1) is 0 Å². The van der Waals surface area contributed by atoms with Crippen LogP contribution in [0.4, 0.5) is 0 Å². The Hall–Kier alpha value is -1.87. The Bertz CT molecular complexity index is 671. The number of unbranched alkanes of at least 4 members (excludes halogenated alkanes) is 5. The molecule has 1 heterocycles. The van der Waals surface area contributed by atoms with Crippen LogP contribution in [0.25, 0.3) is 0 Å². The molecule has 2 rings (SSSR count). The average Bonchev–Trinajstić information content (AvgIpc) is 2.85. The third-order valence-electron chi connectivity index (χ3n) is 5.66. The summed E-state index contributed by atoms with van der Waals surface area (Å²) >= 11 is 0. The smallest absolute Gasteiger partial charge is 0.305 e. The van der Waals surface area contributed by atoms with Gasteiger partial charge in [0.1, 0.15) is 11.5 Å². The number of nitrogens with two attached hydrogens (primary N) is 1. The van der Waals surface area contributed by atoms with Crippen molar-refractivity contribution >= 4 is 5.97 Å². The van der Waals surface area contributed by atoms with Gasteiger partial charge in [0.05, 0.1) is 46.8 Å². The van der Waals surface area contributed by atoms with Crippen LogP contribution in [0.3, 0.4) is 0 Å². The molecular formula is C26H43NO7. The van der Waals surface area contributed by atoms with Crippen LogP contribution < -0.4 is 15.2 Å². The first-order valence-electron chi connectivity index (χ1n) is 12.7. The van der Waals surface area contributed by atoms with E-state index in [-0.39, 0.29) is 12.0 Å². The summed E-state index contributed by atoms with van der Waals surface area (Å²) in [7, 11) is 1.42. The van der Waals surface area contributed by atoms with E-state index in [4.69, 9.17) is 29.4 Å². The molecule has 1 aliphatic rings. The minimum absolute atomic E-state index is 0.0346. The molecule has 0 bridgehead atoms. The summed E-state index contributed by atoms with van der Waals surface area (Å²) in [6, 6.07) is 5.95. The van der Waals surface area contributed by atoms with E-state index in [0.717, 1.165) is 75.0 Å². The van der Waals surface area contributed by atoms with E-state index in [1.54, 1.807) is 0 Å². The third-order valence-corrected chi connectivity index (χ3v) is 5.66. The minimum Gasteiger partial charge on any atom is -0.494 e. The van der Waals surface area contributed by atoms with Gasteiger partial charge in [-0.3, -0.25) is 4.79 Å². The van der Waals surface area contributed by atoms with E-state index in [9.17, 15) is 4.79 Å². The highest BCUT2D eigenvalue weighted by molar-refractivity contribution is 5.68. The van der Waals surface area contributed by atoms with Gasteiger partial charge in [-0.05, 0) is 50.3 Å². The van der Waals surface area contributed by atoms with Crippen LogP contribution in [0.5, 0.6) is 11.5 Å². The number of benzene rings is 1. The number of hydrogen-bond acceptors (Lipinski definition) is 8. The summed E-state index contributed by atoms with van der Waals surface area (Å²) in [5, 5.41) is 0. The molecule has 34 heavy (non-hydrogen) atoms. The van der Waals surface area contributed by atoms with Crippen LogP contribution in [-0.4, -0.2) is 65.9 Å². The molecule has 1 aromatic carbocycles. The summed E-state index contributed by atoms with van der Waals surface area (Å²) in [6.07, 6.45) is 8.41. The monoisotopic (exact) mass is 481 g/mol. The normalized spacial score (nSPS) is 14.9. The Kier molecular flexibility index (Phi) is 15.4. The van der Waals surface area contributed by atoms with Crippen molar-refractivity contribution in [3.05, 3.63) is 23.8 Å². The molecule has 194 valence electrons. The first-order valence-corrected chi connectivity index (χ1v) is 12.7. The lowest BCUT2D eigenvalue weighted by Gasteiger charge is -2.23. The second-order valence-corrected chi connectivity index (χ2v) is 8.43. The molecule has 0 aliphatic carbocycles. The molecule has 1 atom stereocenters. The van der Waals surface area contributed by atoms with Gasteiger partial charge in [-0.25, -0.2) is 0 Å². The maximum atomic E-state index is 11.0. The number of methoxy groups -OCH3 is 1. The van der Waals surface area contributed by atoms with E-state index in [0.29, 0.717) is 52.7 Å². The van der Waals surface area contributed by atoms with E-state index < -0.39 is 0 Å². The molecule has 2 N–H and O–H groups in total. The van der Waals surface area contributed by atoms with Crippen LogP contribution in [0.1, 0.15) is 69.4 Å². The van der Waals surface area contributed by atoms with Crippen LogP contribution in [0, 0.1) is 0 Å². The maximum absolute atomic E-state index is 11.0. The van der Waals surface area contributed by atoms with E-state index in [1.807, 2.05) is 18.2 Å². The number of carbonyl (C=O) groups is 1. The van der Waals surface area contributed by atoms with Crippen LogP contribution >= 0.6 is 0 Å². The highest BCUT2D eigenvalue weighted by Gasteiger charge is 2.18. The summed E-state index contributed by atoms with van der Waals surface area (Å²) in [4.78, 5) is 11.0. The van der Waals surface area contributed by atoms with E-state index >= 15 is 0 Å². The Labute approximate surface area is 204 Å². The Morgan fingerprint density at radius 2 is 1.50 bits per heavy atom. The topological polar surface area (TPSA) is 98.5 Å². The van der Waals surface area contributed by atoms with Crippen molar-refractivity contribution in [1.29, 1.82) is 0 Å². The number of hydrogen-bond donors (Lipinski definition) is 1. The lowest BCUT2D eigenvalue weighted by atomic mass is 10.0. The first kappa shape index (κ1) is 28.4. The maximum Gasteiger partial charge on any atom is 0.305 e. The lowest BCUT2D eigenvalue weighted by molar-refractivity contribution is -0.140. The largest absolute Gasteiger partial charge is 0.494 e. The molecule has 0 aromatic heterocycles. The highest BCUT2D eigenvalue weighted by Crippen LogP contribution is 2.33. The summed E-state index contributed by atoms with van der Waals surface area (Å²) < 4.78 is 32.7. The van der Waals surface area contributed by atoms with Crippen molar-refractivity contribution in [2.75, 3.05) is 60.0 Å². The second-order valence-electron chi connectivity index (χ2n) is 8.43. The fourth-order valence-electron chi connectivity index (χ4n) is 3.63. The molecule has 0 saturated heterocycles. The average molecular weight is 482 g/mol. The minimum atomic E-state index is -0.148. The first-order chi connectivity index (χ1) is 16.7. The Morgan fingerprint density at radius 3 is 2.18 bits per heavy atom. The van der Waals surface area contributed by atoms with Crippen LogP contribution in [-0.2, 0) is 23.7 Å². The molecule has 0 unspecified atom stereocenters. The predicted octanol–water partition coefficient (Wildman–Crippen LogP) is 4.19. The van der Waals surface area contributed by atoms with Crippen molar-refractivity contribution < 1.29 is 33.2 Å². The fraction of sp³-hybridized carbons (Fsp3) is 0.731. The molecule has 0 fully saturated rings. The molecule has 1 aliphatic heterocycles. The van der Waals surface area contributed by atoms with Crippen LogP contribution in [0.2, 0.25) is 0 Å². The van der Waals surface area contributed by atoms with Crippen molar-refractivity contribution in [2.45, 2.75) is 63.8 Å². The van der Waals surface area contributed by atoms with E-state index in [2.05, 4.69) is 4.74 Å². The summed E-state index contributed by atoms with van der Waals surface area (Å²) in [6.45, 7) is 5.21. The van der Waals surface area contributed by atoms with Gasteiger partial charge in [0.2, 0.25) is 0 Å². The highest BCUT2D eigenvalue weighted by atomic mass is 16.5. The number of carbonyl (C=O) groups excluding carboxylic acids is 1. The predicted molar refractivity (Wildman–Crippen MR) is 130 cm³/mol. The molecular weight excluding hydrogens is 438 g/mol. The van der Waals surface area contributed by atoms with Gasteiger partial charge in [0, 0.05) is 37.7 Å². The van der Waals surface area contributed by atoms with Gasteiger partial charge >= 0.3 is 5.97 Å². The van der Waals surface area contributed by atoms with Gasteiger partial charge in [0.25, 0.3) is 0 Å². The Balaban J connectivity index is 1.29. The van der Waals surface area contributed by atoms with Gasteiger partial charge in [-0.2, -0.15) is 0 Å². The Morgan fingerprint density at radius 1 is 0.882 bits per heavy atom. The SMILES string of the molecule is COC(=O)CCCCCOCCOCCOCCCCCCOc1ccc2c(c1)[C@@H](N)CCO2. The molecule has 8 heteroatoms. The molecule has 1 aromatic rings. The molecule has 0 saturated carbocycles. The molecule has 8 nitrogen and oxygen atoms in total. The molecule has 0 amide bonds. The summed E-state index contributed by atoms with van der Waals surface area (Å²) in [5.74, 6) is 1.60. The van der Waals surface area contributed by atoms with Crippen molar-refractivity contribution in [2.24, 2.45) is 5.73 Å². The quantitative estimate of drug-likeness (QED) is 0.219. The van der Waals surface area contributed by atoms with E-state index in [1.165, 1.54) is 7.11 Å². The number of ether oxygens (including phenoxy) is 6. The van der Waals surface area contributed by atoms with Gasteiger partial charge < -0.3 is 34.2 Å². The standard InChI is InChI=1S/C26H43NO7/c1-29-26(28)9-5-4-7-14-31-18-20-32-19-17-30-13-6-2-3-8-15-33-22-10-11-25-23(21-22)24(27)12-16-34-25/h10-11,21,24H,2-9,12-20,27H2,1H3/t24-/m0/s1. The van der Waals surface area contributed by atoms with Crippen molar-refractivity contribution in [3.63, 3.8) is 0 Å². The lowest BCUT2D eigenvalue weighted by Crippen LogP contribution is -2.20. The zero-order valence-corrected chi connectivity index (χ0v) is 20.8. The number of rotatable bonds is 20. The third kappa shape index (κ3) is 12.6. The fourth-order valence-corrected chi connectivity index (χ4v) is 3.63. The van der Waals surface area contributed by atoms with Crippen molar-refractivity contribution in [3.8, 4) is 11.5 Å². The molecule has 0 spiro atoms. The molecule has 0 radical (unpaired) electrons. The zero-order valence-electron chi connectivity index (χ0n) is 20.8. The number of esters is 1. The zero-order chi connectivity index (χ0) is 24.3. The van der Waals surface area contributed by atoms with Crippen molar-refractivity contribution in [1.82, 2.24) is 0 Å².